The lowest BCUT2D eigenvalue weighted by molar-refractivity contribution is -0.114. The van der Waals surface area contributed by atoms with Gasteiger partial charge in [0.1, 0.15) is 17.3 Å². The molecule has 1 aromatic carbocycles. The molecule has 31 heavy (non-hydrogen) atoms. The molecule has 1 heterocycles. The highest BCUT2D eigenvalue weighted by Gasteiger charge is 2.28. The van der Waals surface area contributed by atoms with Gasteiger partial charge in [0.05, 0.1) is 31.2 Å². The Morgan fingerprint density at radius 1 is 1.16 bits per heavy atom. The first kappa shape index (κ1) is 23.1. The van der Waals surface area contributed by atoms with Gasteiger partial charge in [-0.3, -0.25) is 9.10 Å². The summed E-state index contributed by atoms with van der Waals surface area (Å²) in [5, 5.41) is 3.17. The highest BCUT2D eigenvalue weighted by Crippen LogP contribution is 2.38. The molecule has 168 valence electrons. The Labute approximate surface area is 186 Å². The number of thiophene rings is 1. The van der Waals surface area contributed by atoms with Gasteiger partial charge in [-0.1, -0.05) is 0 Å². The molecule has 0 aliphatic heterocycles. The molecule has 1 aliphatic rings. The molecule has 0 fully saturated rings. The molecule has 1 N–H and O–H groups in total. The molecule has 3 rings (SSSR count). The second kappa shape index (κ2) is 9.69. The van der Waals surface area contributed by atoms with Crippen LogP contribution >= 0.6 is 11.3 Å². The Hall–Kier alpha value is -2.59. The summed E-state index contributed by atoms with van der Waals surface area (Å²) in [5.41, 5.74) is 1.67. The van der Waals surface area contributed by atoms with E-state index < -0.39 is 28.4 Å². The van der Waals surface area contributed by atoms with Crippen molar-refractivity contribution < 1.29 is 27.5 Å². The summed E-state index contributed by atoms with van der Waals surface area (Å²) < 4.78 is 36.0. The number of carbonyl (C=O) groups excluding carboxylic acids is 2. The van der Waals surface area contributed by atoms with Crippen LogP contribution in [0.15, 0.2) is 24.3 Å². The summed E-state index contributed by atoms with van der Waals surface area (Å²) in [6.07, 6.45) is 4.66. The van der Waals surface area contributed by atoms with Crippen molar-refractivity contribution in [2.24, 2.45) is 0 Å². The quantitative estimate of drug-likeness (QED) is 0.600. The van der Waals surface area contributed by atoms with Crippen molar-refractivity contribution in [3.63, 3.8) is 0 Å². The zero-order valence-electron chi connectivity index (χ0n) is 17.8. The van der Waals surface area contributed by atoms with E-state index >= 15 is 0 Å². The lowest BCUT2D eigenvalue weighted by atomic mass is 9.95. The van der Waals surface area contributed by atoms with E-state index in [1.165, 1.54) is 18.4 Å². The van der Waals surface area contributed by atoms with Gasteiger partial charge < -0.3 is 14.8 Å². The molecule has 0 atom stereocenters. The molecule has 0 unspecified atom stereocenters. The molecule has 1 aromatic heterocycles. The molecule has 0 spiro atoms. The summed E-state index contributed by atoms with van der Waals surface area (Å²) in [7, 11) is -2.21. The van der Waals surface area contributed by atoms with Gasteiger partial charge in [0.25, 0.3) is 0 Å². The first-order valence-corrected chi connectivity index (χ1v) is 12.6. The number of fused-ring (bicyclic) bond motifs is 1. The van der Waals surface area contributed by atoms with Crippen LogP contribution in [0.1, 0.15) is 40.6 Å². The summed E-state index contributed by atoms with van der Waals surface area (Å²) in [6.45, 7) is 1.54. The van der Waals surface area contributed by atoms with Crippen molar-refractivity contribution in [1.29, 1.82) is 0 Å². The van der Waals surface area contributed by atoms with Gasteiger partial charge in [-0.15, -0.1) is 11.3 Å². The first-order chi connectivity index (χ1) is 14.7. The predicted octanol–water partition coefficient (Wildman–Crippen LogP) is 3.22. The Balaban J connectivity index is 1.85. The van der Waals surface area contributed by atoms with E-state index in [2.05, 4.69) is 5.32 Å². The van der Waals surface area contributed by atoms with Crippen LogP contribution in [0.5, 0.6) is 5.75 Å². The summed E-state index contributed by atoms with van der Waals surface area (Å²) in [5.74, 6) is -0.428. The van der Waals surface area contributed by atoms with E-state index in [0.29, 0.717) is 22.0 Å². The van der Waals surface area contributed by atoms with Gasteiger partial charge in [-0.05, 0) is 62.4 Å². The van der Waals surface area contributed by atoms with Crippen LogP contribution in [0, 0.1) is 0 Å². The first-order valence-electron chi connectivity index (χ1n) is 9.97. The minimum absolute atomic E-state index is 0.232. The highest BCUT2D eigenvalue weighted by atomic mass is 32.2. The number of nitrogens with one attached hydrogen (secondary N) is 1. The van der Waals surface area contributed by atoms with Gasteiger partial charge in [0.2, 0.25) is 15.9 Å². The van der Waals surface area contributed by atoms with E-state index in [0.717, 1.165) is 46.7 Å². The van der Waals surface area contributed by atoms with E-state index in [9.17, 15) is 18.0 Å². The molecular weight excluding hydrogens is 440 g/mol. The van der Waals surface area contributed by atoms with Crippen molar-refractivity contribution >= 4 is 43.9 Å². The maximum atomic E-state index is 12.8. The van der Waals surface area contributed by atoms with Crippen LogP contribution in [-0.2, 0) is 32.4 Å². The van der Waals surface area contributed by atoms with Crippen LogP contribution in [0.25, 0.3) is 0 Å². The van der Waals surface area contributed by atoms with Crippen molar-refractivity contribution in [2.75, 3.05) is 36.1 Å². The highest BCUT2D eigenvalue weighted by molar-refractivity contribution is 7.92. The fraction of sp³-hybridized carbons (Fsp3) is 0.429. The topological polar surface area (TPSA) is 102 Å². The van der Waals surface area contributed by atoms with Crippen molar-refractivity contribution in [3.05, 3.63) is 40.3 Å². The molecule has 0 saturated carbocycles. The van der Waals surface area contributed by atoms with Gasteiger partial charge in [-0.2, -0.15) is 0 Å². The monoisotopic (exact) mass is 466 g/mol. The maximum absolute atomic E-state index is 12.8. The van der Waals surface area contributed by atoms with Crippen LogP contribution in [-0.4, -0.2) is 46.8 Å². The number of nitrogens with zero attached hydrogens (tertiary/aromatic N) is 1. The standard InChI is InChI=1S/C21H26N2O6S2/c1-4-29-21(25)19-16-7-5-6-8-17(16)30-20(19)22-18(24)13-23(31(3,26)27)14-9-11-15(28-2)12-10-14/h9-12H,4-8,13H2,1-3H3,(H,22,24). The molecule has 2 aromatic rings. The fourth-order valence-corrected chi connectivity index (χ4v) is 5.67. The second-order valence-corrected chi connectivity index (χ2v) is 10.2. The summed E-state index contributed by atoms with van der Waals surface area (Å²) >= 11 is 1.36. The number of ether oxygens (including phenoxy) is 2. The van der Waals surface area contributed by atoms with Crippen molar-refractivity contribution in [3.8, 4) is 5.75 Å². The number of methoxy groups -OCH3 is 1. The molecule has 1 amide bonds. The summed E-state index contributed by atoms with van der Waals surface area (Å²) in [4.78, 5) is 26.5. The number of hydrogen-bond donors (Lipinski definition) is 1. The zero-order chi connectivity index (χ0) is 22.6. The van der Waals surface area contributed by atoms with Crippen LogP contribution < -0.4 is 14.4 Å². The summed E-state index contributed by atoms with van der Waals surface area (Å²) in [6, 6.07) is 6.39. The Bertz CT molecular complexity index is 1060. The number of sulfonamides is 1. The second-order valence-electron chi connectivity index (χ2n) is 7.15. The molecule has 8 nitrogen and oxygen atoms in total. The molecule has 0 bridgehead atoms. The Morgan fingerprint density at radius 2 is 1.84 bits per heavy atom. The Morgan fingerprint density at radius 3 is 2.45 bits per heavy atom. The number of rotatable bonds is 8. The molecule has 0 saturated heterocycles. The normalized spacial score (nSPS) is 13.3. The average molecular weight is 467 g/mol. The van der Waals surface area contributed by atoms with E-state index in [1.807, 2.05) is 0 Å². The van der Waals surface area contributed by atoms with Crippen molar-refractivity contribution in [1.82, 2.24) is 0 Å². The molecule has 0 radical (unpaired) electrons. The smallest absolute Gasteiger partial charge is 0.341 e. The van der Waals surface area contributed by atoms with E-state index in [-0.39, 0.29) is 6.61 Å². The maximum Gasteiger partial charge on any atom is 0.341 e. The van der Waals surface area contributed by atoms with Crippen LogP contribution in [0.3, 0.4) is 0 Å². The lowest BCUT2D eigenvalue weighted by Gasteiger charge is -2.22. The number of esters is 1. The predicted molar refractivity (Wildman–Crippen MR) is 121 cm³/mol. The minimum Gasteiger partial charge on any atom is -0.497 e. The van der Waals surface area contributed by atoms with E-state index in [1.54, 1.807) is 31.2 Å². The van der Waals surface area contributed by atoms with Gasteiger partial charge in [0, 0.05) is 4.88 Å². The number of anilines is 2. The average Bonchev–Trinajstić information content (AvgIpc) is 3.09. The van der Waals surface area contributed by atoms with Gasteiger partial charge in [0.15, 0.2) is 0 Å². The van der Waals surface area contributed by atoms with Crippen LogP contribution in [0.2, 0.25) is 0 Å². The number of benzene rings is 1. The number of aryl methyl sites for hydroxylation is 1. The third-order valence-corrected chi connectivity index (χ3v) is 7.30. The third kappa shape index (κ3) is 5.37. The molecular formula is C21H26N2O6S2. The largest absolute Gasteiger partial charge is 0.497 e. The van der Waals surface area contributed by atoms with Crippen molar-refractivity contribution in [2.45, 2.75) is 32.6 Å². The zero-order valence-corrected chi connectivity index (χ0v) is 19.4. The van der Waals surface area contributed by atoms with Crippen LogP contribution in [0.4, 0.5) is 10.7 Å². The lowest BCUT2D eigenvalue weighted by Crippen LogP contribution is -2.37. The minimum atomic E-state index is -3.72. The van der Waals surface area contributed by atoms with Gasteiger partial charge in [-0.25, -0.2) is 13.2 Å². The molecule has 10 heteroatoms. The number of carbonyl (C=O) groups is 2. The van der Waals surface area contributed by atoms with E-state index in [4.69, 9.17) is 9.47 Å². The Kier molecular flexibility index (Phi) is 7.22. The fourth-order valence-electron chi connectivity index (χ4n) is 3.52. The number of hydrogen-bond acceptors (Lipinski definition) is 7. The SMILES string of the molecule is CCOC(=O)c1c(NC(=O)CN(c2ccc(OC)cc2)S(C)(=O)=O)sc2c1CCCC2. The van der Waals surface area contributed by atoms with Gasteiger partial charge >= 0.3 is 5.97 Å². The third-order valence-electron chi connectivity index (χ3n) is 4.95. The molecule has 1 aliphatic carbocycles. The number of amides is 1.